The van der Waals surface area contributed by atoms with Gasteiger partial charge in [0, 0.05) is 13.2 Å². The maximum Gasteiger partial charge on any atom is 0.241 e. The number of carbonyl (C=O) groups excluding carboxylic acids is 1. The van der Waals surface area contributed by atoms with Crippen molar-refractivity contribution in [2.45, 2.75) is 65.6 Å². The van der Waals surface area contributed by atoms with Crippen molar-refractivity contribution in [1.82, 2.24) is 10.2 Å². The van der Waals surface area contributed by atoms with Gasteiger partial charge in [-0.15, -0.1) is 0 Å². The Labute approximate surface area is 117 Å². The minimum atomic E-state index is -0.00871. The van der Waals surface area contributed by atoms with Crippen LogP contribution in [0.15, 0.2) is 0 Å². The Morgan fingerprint density at radius 2 is 2.05 bits per heavy atom. The van der Waals surface area contributed by atoms with E-state index in [0.29, 0.717) is 19.1 Å². The highest BCUT2D eigenvalue weighted by atomic mass is 16.5. The summed E-state index contributed by atoms with van der Waals surface area (Å²) >= 11 is 0. The molecule has 1 amide bonds. The van der Waals surface area contributed by atoms with E-state index in [0.717, 1.165) is 32.3 Å². The summed E-state index contributed by atoms with van der Waals surface area (Å²) in [6.07, 6.45) is 4.41. The van der Waals surface area contributed by atoms with Crippen LogP contribution in [0.4, 0.5) is 0 Å². The van der Waals surface area contributed by atoms with E-state index in [1.807, 2.05) is 4.90 Å². The monoisotopic (exact) mass is 270 g/mol. The van der Waals surface area contributed by atoms with Crippen LogP contribution in [0, 0.1) is 5.92 Å². The Hall–Kier alpha value is -0.610. The van der Waals surface area contributed by atoms with Crippen molar-refractivity contribution in [1.29, 1.82) is 0 Å². The lowest BCUT2D eigenvalue weighted by atomic mass is 9.99. The van der Waals surface area contributed by atoms with Crippen LogP contribution in [0.2, 0.25) is 0 Å². The van der Waals surface area contributed by atoms with E-state index in [1.54, 1.807) is 0 Å². The largest absolute Gasteiger partial charge is 0.380 e. The van der Waals surface area contributed by atoms with Gasteiger partial charge in [0.05, 0.1) is 18.8 Å². The van der Waals surface area contributed by atoms with Crippen LogP contribution >= 0.6 is 0 Å². The lowest BCUT2D eigenvalue weighted by Gasteiger charge is -2.22. The van der Waals surface area contributed by atoms with E-state index in [4.69, 9.17) is 4.74 Å². The highest BCUT2D eigenvalue weighted by Crippen LogP contribution is 2.20. The number of amides is 1. The van der Waals surface area contributed by atoms with Crippen LogP contribution in [0.25, 0.3) is 0 Å². The van der Waals surface area contributed by atoms with Gasteiger partial charge in [-0.05, 0) is 18.8 Å². The molecule has 0 saturated carbocycles. The van der Waals surface area contributed by atoms with Gasteiger partial charge in [-0.3, -0.25) is 10.1 Å². The molecule has 3 atom stereocenters. The van der Waals surface area contributed by atoms with E-state index in [9.17, 15) is 4.79 Å². The average molecular weight is 270 g/mol. The molecule has 0 spiro atoms. The third-order valence-electron chi connectivity index (χ3n) is 4.02. The van der Waals surface area contributed by atoms with E-state index >= 15 is 0 Å². The van der Waals surface area contributed by atoms with Crippen LogP contribution in [0.5, 0.6) is 0 Å². The number of ether oxygens (including phenoxy) is 1. The Morgan fingerprint density at radius 1 is 1.32 bits per heavy atom. The third kappa shape index (κ3) is 4.46. The van der Waals surface area contributed by atoms with E-state index in [1.165, 1.54) is 0 Å². The van der Waals surface area contributed by atoms with Crippen LogP contribution in [0.1, 0.15) is 53.4 Å². The van der Waals surface area contributed by atoms with Crippen LogP contribution < -0.4 is 5.32 Å². The molecule has 1 saturated heterocycles. The van der Waals surface area contributed by atoms with Crippen molar-refractivity contribution < 1.29 is 9.53 Å². The number of hydrogen-bond donors (Lipinski definition) is 1. The number of hydrogen-bond acceptors (Lipinski definition) is 3. The molecule has 1 heterocycles. The Bertz CT molecular complexity index is 271. The molecule has 0 radical (unpaired) electrons. The first kappa shape index (κ1) is 16.4. The Morgan fingerprint density at radius 3 is 2.63 bits per heavy atom. The first-order valence-corrected chi connectivity index (χ1v) is 7.79. The summed E-state index contributed by atoms with van der Waals surface area (Å²) in [5.74, 6) is 0.646. The fourth-order valence-corrected chi connectivity index (χ4v) is 2.46. The Balaban J connectivity index is 2.44. The quantitative estimate of drug-likeness (QED) is 0.654. The summed E-state index contributed by atoms with van der Waals surface area (Å²) in [5, 5.41) is 3.46. The number of rotatable bonds is 9. The zero-order chi connectivity index (χ0) is 14.3. The Kier molecular flexibility index (Phi) is 7.39. The fraction of sp³-hybridized carbons (Fsp3) is 0.933. The normalized spacial score (nSPS) is 25.1. The third-order valence-corrected chi connectivity index (χ3v) is 4.02. The fourth-order valence-electron chi connectivity index (χ4n) is 2.46. The predicted molar refractivity (Wildman–Crippen MR) is 77.9 cm³/mol. The van der Waals surface area contributed by atoms with Crippen LogP contribution in [0.3, 0.4) is 0 Å². The number of nitrogens with one attached hydrogen (secondary N) is 1. The van der Waals surface area contributed by atoms with E-state index in [2.05, 4.69) is 33.0 Å². The molecule has 112 valence electrons. The highest BCUT2D eigenvalue weighted by molar-refractivity contribution is 5.84. The molecule has 1 N–H and O–H groups in total. The van der Waals surface area contributed by atoms with Gasteiger partial charge in [0.15, 0.2) is 0 Å². The maximum atomic E-state index is 12.4. The molecule has 1 fully saturated rings. The van der Waals surface area contributed by atoms with Crippen molar-refractivity contribution in [3.8, 4) is 0 Å². The van der Waals surface area contributed by atoms with Crippen LogP contribution in [-0.4, -0.2) is 42.8 Å². The molecular weight excluding hydrogens is 240 g/mol. The van der Waals surface area contributed by atoms with Crippen molar-refractivity contribution in [3.63, 3.8) is 0 Å². The number of nitrogens with zero attached hydrogens (tertiary/aromatic N) is 1. The summed E-state index contributed by atoms with van der Waals surface area (Å²) in [5.41, 5.74) is 0. The van der Waals surface area contributed by atoms with Gasteiger partial charge in [0.1, 0.15) is 0 Å². The topological polar surface area (TPSA) is 41.6 Å². The molecule has 1 rings (SSSR count). The van der Waals surface area contributed by atoms with Crippen molar-refractivity contribution in [3.05, 3.63) is 0 Å². The summed E-state index contributed by atoms with van der Waals surface area (Å²) in [6, 6.07) is -0.00871. The second-order valence-electron chi connectivity index (χ2n) is 5.45. The summed E-state index contributed by atoms with van der Waals surface area (Å²) in [4.78, 5) is 14.4. The lowest BCUT2D eigenvalue weighted by Crippen LogP contribution is -2.39. The summed E-state index contributed by atoms with van der Waals surface area (Å²) in [7, 11) is 0. The van der Waals surface area contributed by atoms with Crippen molar-refractivity contribution in [2.75, 3.05) is 19.8 Å². The van der Waals surface area contributed by atoms with E-state index < -0.39 is 0 Å². The van der Waals surface area contributed by atoms with Crippen LogP contribution in [-0.2, 0) is 9.53 Å². The molecule has 0 aromatic heterocycles. The van der Waals surface area contributed by atoms with Gasteiger partial charge in [0.25, 0.3) is 0 Å². The predicted octanol–water partition coefficient (Wildman–Crippen LogP) is 2.39. The van der Waals surface area contributed by atoms with Gasteiger partial charge in [-0.1, -0.05) is 40.5 Å². The van der Waals surface area contributed by atoms with E-state index in [-0.39, 0.29) is 18.1 Å². The zero-order valence-electron chi connectivity index (χ0n) is 12.9. The lowest BCUT2D eigenvalue weighted by molar-refractivity contribution is -0.131. The molecule has 0 aromatic carbocycles. The maximum absolute atomic E-state index is 12.4. The smallest absolute Gasteiger partial charge is 0.241 e. The zero-order valence-corrected chi connectivity index (χ0v) is 12.9. The molecule has 3 unspecified atom stereocenters. The summed E-state index contributed by atoms with van der Waals surface area (Å²) in [6.45, 7) is 10.7. The average Bonchev–Trinajstić information content (AvgIpc) is 2.74. The molecule has 4 nitrogen and oxygen atoms in total. The minimum absolute atomic E-state index is 0.00871. The molecule has 1 aliphatic heterocycles. The van der Waals surface area contributed by atoms with Gasteiger partial charge in [0.2, 0.25) is 5.91 Å². The SMILES string of the molecule is CCCCOCCN1C(=O)C(C(C)CC)NC1CC. The molecule has 19 heavy (non-hydrogen) atoms. The second-order valence-corrected chi connectivity index (χ2v) is 5.45. The standard InChI is InChI=1S/C15H30N2O2/c1-5-8-10-19-11-9-17-13(7-3)16-14(15(17)18)12(4)6-2/h12-14,16H,5-11H2,1-4H3. The van der Waals surface area contributed by atoms with Gasteiger partial charge < -0.3 is 9.64 Å². The first-order valence-electron chi connectivity index (χ1n) is 7.79. The molecule has 0 aromatic rings. The number of unbranched alkanes of at least 4 members (excludes halogenated alkanes) is 1. The van der Waals surface area contributed by atoms with Gasteiger partial charge in [-0.25, -0.2) is 0 Å². The first-order chi connectivity index (χ1) is 9.15. The molecular formula is C15H30N2O2. The van der Waals surface area contributed by atoms with Crippen molar-refractivity contribution >= 4 is 5.91 Å². The molecule has 0 bridgehead atoms. The molecule has 0 aliphatic carbocycles. The summed E-state index contributed by atoms with van der Waals surface area (Å²) < 4.78 is 5.58. The second kappa shape index (κ2) is 8.54. The minimum Gasteiger partial charge on any atom is -0.380 e. The van der Waals surface area contributed by atoms with Gasteiger partial charge in [-0.2, -0.15) is 0 Å². The number of carbonyl (C=O) groups is 1. The highest BCUT2D eigenvalue weighted by Gasteiger charge is 2.39. The molecule has 4 heteroatoms. The van der Waals surface area contributed by atoms with Gasteiger partial charge >= 0.3 is 0 Å². The molecule has 1 aliphatic rings. The van der Waals surface area contributed by atoms with Crippen molar-refractivity contribution in [2.24, 2.45) is 5.92 Å².